The summed E-state index contributed by atoms with van der Waals surface area (Å²) in [6.07, 6.45) is 2.12. The van der Waals surface area contributed by atoms with E-state index in [-0.39, 0.29) is 5.92 Å². The lowest BCUT2D eigenvalue weighted by Gasteiger charge is -2.36. The van der Waals surface area contributed by atoms with Gasteiger partial charge in [-0.2, -0.15) is 0 Å². The minimum atomic E-state index is 0.142. The molecular formula is C19H29N3O2. The minimum Gasteiger partial charge on any atom is -0.378 e. The average molecular weight is 331 g/mol. The molecule has 2 heterocycles. The number of rotatable bonds is 4. The Labute approximate surface area is 145 Å². The molecule has 0 aromatic heterocycles. The van der Waals surface area contributed by atoms with Crippen molar-refractivity contribution in [2.24, 2.45) is 5.92 Å². The molecule has 1 unspecified atom stereocenters. The summed E-state index contributed by atoms with van der Waals surface area (Å²) < 4.78 is 5.36. The number of likely N-dealkylation sites (tertiary alicyclic amines) is 1. The average Bonchev–Trinajstić information content (AvgIpc) is 2.62. The third-order valence-electron chi connectivity index (χ3n) is 5.04. The van der Waals surface area contributed by atoms with E-state index in [0.717, 1.165) is 45.6 Å². The Morgan fingerprint density at radius 1 is 1.21 bits per heavy atom. The van der Waals surface area contributed by atoms with Gasteiger partial charge in [-0.15, -0.1) is 0 Å². The van der Waals surface area contributed by atoms with Crippen molar-refractivity contribution < 1.29 is 9.53 Å². The first-order valence-corrected chi connectivity index (χ1v) is 8.99. The van der Waals surface area contributed by atoms with E-state index >= 15 is 0 Å². The van der Waals surface area contributed by atoms with Gasteiger partial charge in [0, 0.05) is 46.0 Å². The van der Waals surface area contributed by atoms with Crippen LogP contribution in [0.5, 0.6) is 0 Å². The van der Waals surface area contributed by atoms with Gasteiger partial charge >= 0.3 is 0 Å². The van der Waals surface area contributed by atoms with Crippen LogP contribution in [0.1, 0.15) is 18.4 Å². The lowest BCUT2D eigenvalue weighted by molar-refractivity contribution is -0.141. The summed E-state index contributed by atoms with van der Waals surface area (Å²) in [4.78, 5) is 19.4. The first kappa shape index (κ1) is 17.2. The summed E-state index contributed by atoms with van der Waals surface area (Å²) in [5, 5.41) is 0. The largest absolute Gasteiger partial charge is 0.378 e. The number of morpholine rings is 1. The number of hydrogen-bond donors (Lipinski definition) is 0. The summed E-state index contributed by atoms with van der Waals surface area (Å²) in [5.74, 6) is 0.465. The molecule has 0 spiro atoms. The van der Waals surface area contributed by atoms with Crippen LogP contribution in [0.25, 0.3) is 0 Å². The van der Waals surface area contributed by atoms with Crippen LogP contribution in [-0.2, 0) is 16.1 Å². The number of ether oxygens (including phenoxy) is 1. The van der Waals surface area contributed by atoms with Gasteiger partial charge in [-0.25, -0.2) is 0 Å². The van der Waals surface area contributed by atoms with Gasteiger partial charge in [0.05, 0.1) is 19.1 Å². The quantitative estimate of drug-likeness (QED) is 0.843. The lowest BCUT2D eigenvalue weighted by atomic mass is 9.95. The van der Waals surface area contributed by atoms with Crippen molar-refractivity contribution in [1.29, 1.82) is 0 Å². The van der Waals surface area contributed by atoms with Gasteiger partial charge in [0.1, 0.15) is 0 Å². The highest BCUT2D eigenvalue weighted by molar-refractivity contribution is 5.79. The number of benzene rings is 1. The molecule has 132 valence electrons. The van der Waals surface area contributed by atoms with Crippen LogP contribution in [0.15, 0.2) is 24.3 Å². The van der Waals surface area contributed by atoms with Gasteiger partial charge in [0.25, 0.3) is 0 Å². The van der Waals surface area contributed by atoms with Crippen molar-refractivity contribution in [1.82, 2.24) is 9.80 Å². The lowest BCUT2D eigenvalue weighted by Crippen LogP contribution is -2.48. The monoisotopic (exact) mass is 331 g/mol. The second-order valence-corrected chi connectivity index (χ2v) is 7.04. The molecular weight excluding hydrogens is 302 g/mol. The normalized spacial score (nSPS) is 22.4. The van der Waals surface area contributed by atoms with E-state index in [0.29, 0.717) is 19.1 Å². The van der Waals surface area contributed by atoms with Crippen LogP contribution < -0.4 is 4.90 Å². The first-order valence-electron chi connectivity index (χ1n) is 8.99. The van der Waals surface area contributed by atoms with Gasteiger partial charge < -0.3 is 14.5 Å². The van der Waals surface area contributed by atoms with E-state index in [1.165, 1.54) is 11.3 Å². The zero-order valence-electron chi connectivity index (χ0n) is 14.9. The van der Waals surface area contributed by atoms with E-state index < -0.39 is 0 Å². The van der Waals surface area contributed by atoms with E-state index in [2.05, 4.69) is 48.2 Å². The molecule has 5 nitrogen and oxygen atoms in total. The fourth-order valence-corrected chi connectivity index (χ4v) is 3.76. The van der Waals surface area contributed by atoms with Gasteiger partial charge in [-0.05, 0) is 31.0 Å². The molecule has 3 rings (SSSR count). The number of amides is 1. The number of piperidine rings is 1. The maximum atomic E-state index is 12.8. The third-order valence-corrected chi connectivity index (χ3v) is 5.04. The highest BCUT2D eigenvalue weighted by Gasteiger charge is 2.30. The van der Waals surface area contributed by atoms with Crippen molar-refractivity contribution in [2.75, 3.05) is 58.4 Å². The molecule has 2 saturated heterocycles. The van der Waals surface area contributed by atoms with Crippen molar-refractivity contribution in [3.8, 4) is 0 Å². The van der Waals surface area contributed by atoms with E-state index in [4.69, 9.17) is 4.74 Å². The van der Waals surface area contributed by atoms with Crippen molar-refractivity contribution in [3.63, 3.8) is 0 Å². The van der Waals surface area contributed by atoms with Crippen molar-refractivity contribution >= 4 is 11.6 Å². The molecule has 1 aromatic rings. The summed E-state index contributed by atoms with van der Waals surface area (Å²) >= 11 is 0. The maximum absolute atomic E-state index is 12.8. The minimum absolute atomic E-state index is 0.142. The third kappa shape index (κ3) is 4.08. The molecule has 0 radical (unpaired) electrons. The topological polar surface area (TPSA) is 36.0 Å². The van der Waals surface area contributed by atoms with Crippen LogP contribution in [0.3, 0.4) is 0 Å². The molecule has 0 saturated carbocycles. The molecule has 24 heavy (non-hydrogen) atoms. The number of carbonyl (C=O) groups excluding carboxylic acids is 1. The number of carbonyl (C=O) groups is 1. The van der Waals surface area contributed by atoms with Crippen LogP contribution in [0.2, 0.25) is 0 Å². The zero-order valence-corrected chi connectivity index (χ0v) is 14.9. The van der Waals surface area contributed by atoms with Gasteiger partial charge in [0.2, 0.25) is 5.91 Å². The van der Waals surface area contributed by atoms with Crippen molar-refractivity contribution in [3.05, 3.63) is 29.8 Å². The molecule has 0 aliphatic carbocycles. The molecule has 5 heteroatoms. The second kappa shape index (κ2) is 7.99. The first-order chi connectivity index (χ1) is 11.6. The number of para-hydroxylation sites is 1. The number of anilines is 1. The summed E-state index contributed by atoms with van der Waals surface area (Å²) in [6.45, 7) is 5.72. The molecule has 2 fully saturated rings. The Bertz CT molecular complexity index is 555. The Morgan fingerprint density at radius 3 is 2.71 bits per heavy atom. The molecule has 0 bridgehead atoms. The van der Waals surface area contributed by atoms with E-state index in [1.807, 2.05) is 4.90 Å². The molecule has 1 amide bonds. The maximum Gasteiger partial charge on any atom is 0.227 e. The van der Waals surface area contributed by atoms with Crippen LogP contribution >= 0.6 is 0 Å². The van der Waals surface area contributed by atoms with E-state index in [9.17, 15) is 4.79 Å². The predicted octanol–water partition coefficient (Wildman–Crippen LogP) is 1.82. The smallest absolute Gasteiger partial charge is 0.227 e. The highest BCUT2D eigenvalue weighted by atomic mass is 16.5. The standard InChI is InChI=1S/C19H29N3O2/c1-20(2)18-8-4-3-6-16(18)14-21-9-5-7-17(15-21)19(23)22-10-12-24-13-11-22/h3-4,6,8,17H,5,7,9-15H2,1-2H3. The van der Waals surface area contributed by atoms with Gasteiger partial charge in [-0.1, -0.05) is 18.2 Å². The Kier molecular flexibility index (Phi) is 5.74. The van der Waals surface area contributed by atoms with Gasteiger partial charge in [-0.3, -0.25) is 9.69 Å². The fourth-order valence-electron chi connectivity index (χ4n) is 3.76. The van der Waals surface area contributed by atoms with Gasteiger partial charge in [0.15, 0.2) is 0 Å². The molecule has 0 N–H and O–H groups in total. The molecule has 2 aliphatic heterocycles. The SMILES string of the molecule is CN(C)c1ccccc1CN1CCCC(C(=O)N2CCOCC2)C1. The molecule has 1 atom stereocenters. The van der Waals surface area contributed by atoms with Crippen LogP contribution in [0.4, 0.5) is 5.69 Å². The van der Waals surface area contributed by atoms with E-state index in [1.54, 1.807) is 0 Å². The Balaban J connectivity index is 1.62. The Morgan fingerprint density at radius 2 is 1.96 bits per heavy atom. The summed E-state index contributed by atoms with van der Waals surface area (Å²) in [5.41, 5.74) is 2.60. The van der Waals surface area contributed by atoms with Crippen molar-refractivity contribution in [2.45, 2.75) is 19.4 Å². The second-order valence-electron chi connectivity index (χ2n) is 7.04. The highest BCUT2D eigenvalue weighted by Crippen LogP contribution is 2.24. The van der Waals surface area contributed by atoms with Crippen LogP contribution in [0, 0.1) is 5.92 Å². The molecule has 1 aromatic carbocycles. The summed E-state index contributed by atoms with van der Waals surface area (Å²) in [7, 11) is 4.17. The van der Waals surface area contributed by atoms with Crippen LogP contribution in [-0.4, -0.2) is 69.2 Å². The summed E-state index contributed by atoms with van der Waals surface area (Å²) in [6, 6.07) is 8.54. The zero-order chi connectivity index (χ0) is 16.9. The fraction of sp³-hybridized carbons (Fsp3) is 0.632. The Hall–Kier alpha value is -1.59. The number of nitrogens with zero attached hydrogens (tertiary/aromatic N) is 3. The number of hydrogen-bond acceptors (Lipinski definition) is 4. The predicted molar refractivity (Wildman–Crippen MR) is 96.2 cm³/mol. The molecule has 2 aliphatic rings.